The molecule has 20 heavy (non-hydrogen) atoms. The Morgan fingerprint density at radius 1 is 1.40 bits per heavy atom. The van der Waals surface area contributed by atoms with E-state index in [0.29, 0.717) is 12.1 Å². The highest BCUT2D eigenvalue weighted by molar-refractivity contribution is 5.74. The first-order valence-electron chi connectivity index (χ1n) is 5.42. The normalized spacial score (nSPS) is 14.4. The predicted octanol–water partition coefficient (Wildman–Crippen LogP) is 0.847. The van der Waals surface area contributed by atoms with Gasteiger partial charge < -0.3 is 15.9 Å². The maximum atomic E-state index is 12.6. The molecule has 0 aliphatic heterocycles. The van der Waals surface area contributed by atoms with Crippen molar-refractivity contribution in [2.75, 3.05) is 0 Å². The lowest BCUT2D eigenvalue weighted by Crippen LogP contribution is -2.26. The Kier molecular flexibility index (Phi) is 4.70. The number of benzene rings is 1. The van der Waals surface area contributed by atoms with Crippen molar-refractivity contribution < 1.29 is 28.2 Å². The fraction of sp³-hybridized carbons (Fsp3) is 0.333. The number of amides is 1. The Bertz CT molecular complexity index is 552. The van der Waals surface area contributed by atoms with Crippen LogP contribution in [0.15, 0.2) is 18.2 Å². The lowest BCUT2D eigenvalue weighted by atomic mass is 9.95. The lowest BCUT2D eigenvalue weighted by molar-refractivity contribution is -0.137. The molecular weight excluding hydrogens is 277 g/mol. The zero-order valence-electron chi connectivity index (χ0n) is 10.1. The molecule has 1 aromatic carbocycles. The SMILES string of the molecule is N#Cc1ccc(C(F)(F)F)cc1C(O)C(O)CC(N)=O. The number of nitrogens with zero attached hydrogens (tertiary/aromatic N) is 1. The van der Waals surface area contributed by atoms with Crippen LogP contribution in [0.1, 0.15) is 29.2 Å². The number of hydrogen-bond donors (Lipinski definition) is 3. The first kappa shape index (κ1) is 15.9. The second kappa shape index (κ2) is 5.90. The number of carbonyl (C=O) groups is 1. The summed E-state index contributed by atoms with van der Waals surface area (Å²) in [6.45, 7) is 0. The molecule has 0 fully saturated rings. The lowest BCUT2D eigenvalue weighted by Gasteiger charge is -2.19. The number of aliphatic hydroxyl groups is 2. The smallest absolute Gasteiger partial charge is 0.390 e. The van der Waals surface area contributed by atoms with Crippen molar-refractivity contribution in [1.82, 2.24) is 0 Å². The van der Waals surface area contributed by atoms with Gasteiger partial charge in [-0.1, -0.05) is 0 Å². The second-order valence-electron chi connectivity index (χ2n) is 4.09. The van der Waals surface area contributed by atoms with Crippen molar-refractivity contribution in [3.05, 3.63) is 34.9 Å². The van der Waals surface area contributed by atoms with Crippen molar-refractivity contribution in [2.45, 2.75) is 24.8 Å². The van der Waals surface area contributed by atoms with Crippen LogP contribution in [-0.2, 0) is 11.0 Å². The van der Waals surface area contributed by atoms with Crippen molar-refractivity contribution in [2.24, 2.45) is 5.73 Å². The van der Waals surface area contributed by atoms with Gasteiger partial charge in [-0.3, -0.25) is 4.79 Å². The summed E-state index contributed by atoms with van der Waals surface area (Å²) >= 11 is 0. The first-order valence-corrected chi connectivity index (χ1v) is 5.42. The van der Waals surface area contributed by atoms with Gasteiger partial charge in [0.1, 0.15) is 6.10 Å². The number of alkyl halides is 3. The average Bonchev–Trinajstić information content (AvgIpc) is 2.35. The van der Waals surface area contributed by atoms with Crippen LogP contribution in [0.3, 0.4) is 0 Å². The van der Waals surface area contributed by atoms with Crippen LogP contribution >= 0.6 is 0 Å². The van der Waals surface area contributed by atoms with Gasteiger partial charge in [0, 0.05) is 5.56 Å². The minimum atomic E-state index is -4.66. The van der Waals surface area contributed by atoms with Gasteiger partial charge in [0.05, 0.1) is 29.7 Å². The van der Waals surface area contributed by atoms with Crippen LogP contribution in [0.5, 0.6) is 0 Å². The van der Waals surface area contributed by atoms with Crippen LogP contribution in [0.25, 0.3) is 0 Å². The number of aliphatic hydroxyl groups excluding tert-OH is 2. The van der Waals surface area contributed by atoms with Crippen LogP contribution in [0, 0.1) is 11.3 Å². The molecule has 2 unspecified atom stereocenters. The summed E-state index contributed by atoms with van der Waals surface area (Å²) in [5.74, 6) is -0.929. The molecule has 0 radical (unpaired) electrons. The average molecular weight is 288 g/mol. The number of nitriles is 1. The zero-order valence-corrected chi connectivity index (χ0v) is 10.1. The molecule has 0 saturated carbocycles. The second-order valence-corrected chi connectivity index (χ2v) is 4.09. The molecule has 2 atom stereocenters. The molecule has 8 heteroatoms. The van der Waals surface area contributed by atoms with Crippen molar-refractivity contribution in [3.8, 4) is 6.07 Å². The third-order valence-corrected chi connectivity index (χ3v) is 2.59. The monoisotopic (exact) mass is 288 g/mol. The summed E-state index contributed by atoms with van der Waals surface area (Å²) in [4.78, 5) is 10.6. The van der Waals surface area contributed by atoms with Gasteiger partial charge in [0.15, 0.2) is 0 Å². The topological polar surface area (TPSA) is 107 Å². The molecule has 0 spiro atoms. The molecule has 5 nitrogen and oxygen atoms in total. The zero-order chi connectivity index (χ0) is 15.5. The fourth-order valence-electron chi connectivity index (χ4n) is 1.61. The molecule has 0 aromatic heterocycles. The van der Waals surface area contributed by atoms with Gasteiger partial charge in [-0.2, -0.15) is 18.4 Å². The third-order valence-electron chi connectivity index (χ3n) is 2.59. The largest absolute Gasteiger partial charge is 0.416 e. The number of primary amides is 1. The number of carbonyl (C=O) groups excluding carboxylic acids is 1. The molecule has 4 N–H and O–H groups in total. The van der Waals surface area contributed by atoms with Crippen molar-refractivity contribution >= 4 is 5.91 Å². The minimum absolute atomic E-state index is 0.228. The third kappa shape index (κ3) is 3.69. The molecule has 1 amide bonds. The fourth-order valence-corrected chi connectivity index (χ4v) is 1.61. The quantitative estimate of drug-likeness (QED) is 0.763. The number of halogens is 3. The Labute approximate surface area is 112 Å². The predicted molar refractivity (Wildman–Crippen MR) is 60.9 cm³/mol. The van der Waals surface area contributed by atoms with E-state index >= 15 is 0 Å². The van der Waals surface area contributed by atoms with E-state index in [-0.39, 0.29) is 5.56 Å². The van der Waals surface area contributed by atoms with Crippen molar-refractivity contribution in [3.63, 3.8) is 0 Å². The number of hydrogen-bond acceptors (Lipinski definition) is 4. The van der Waals surface area contributed by atoms with E-state index in [1.807, 2.05) is 0 Å². The number of nitrogens with two attached hydrogens (primary N) is 1. The maximum absolute atomic E-state index is 12.6. The van der Waals surface area contributed by atoms with Gasteiger partial charge in [-0.05, 0) is 18.2 Å². The minimum Gasteiger partial charge on any atom is -0.390 e. The summed E-state index contributed by atoms with van der Waals surface area (Å²) in [6.07, 6.45) is -8.80. The summed E-state index contributed by atoms with van der Waals surface area (Å²) in [5.41, 5.74) is 3.12. The Morgan fingerprint density at radius 3 is 2.45 bits per heavy atom. The summed E-state index contributed by atoms with van der Waals surface area (Å²) < 4.78 is 37.7. The Morgan fingerprint density at radius 2 is 2.00 bits per heavy atom. The maximum Gasteiger partial charge on any atom is 0.416 e. The molecule has 0 heterocycles. The van der Waals surface area contributed by atoms with Crippen LogP contribution in [-0.4, -0.2) is 22.2 Å². The van der Waals surface area contributed by atoms with Crippen LogP contribution < -0.4 is 5.73 Å². The van der Waals surface area contributed by atoms with Gasteiger partial charge in [0.2, 0.25) is 5.91 Å². The standard InChI is InChI=1S/C12H11F3N2O3/c13-12(14,15)7-2-1-6(5-16)8(3-7)11(20)9(18)4-10(17)19/h1-3,9,11,18,20H,4H2,(H2,17,19). The molecule has 0 aliphatic rings. The van der Waals surface area contributed by atoms with Gasteiger partial charge >= 0.3 is 6.18 Å². The summed E-state index contributed by atoms with van der Waals surface area (Å²) in [6, 6.07) is 3.75. The molecular formula is C12H11F3N2O3. The van der Waals surface area contributed by atoms with Crippen LogP contribution in [0.4, 0.5) is 13.2 Å². The van der Waals surface area contributed by atoms with E-state index in [1.165, 1.54) is 0 Å². The van der Waals surface area contributed by atoms with E-state index in [2.05, 4.69) is 0 Å². The van der Waals surface area contributed by atoms with Crippen molar-refractivity contribution in [1.29, 1.82) is 5.26 Å². The number of rotatable bonds is 4. The Hall–Kier alpha value is -2.11. The van der Waals surface area contributed by atoms with Gasteiger partial charge in [-0.15, -0.1) is 0 Å². The van der Waals surface area contributed by atoms with Crippen LogP contribution in [0.2, 0.25) is 0 Å². The van der Waals surface area contributed by atoms with Gasteiger partial charge in [0.25, 0.3) is 0 Å². The summed E-state index contributed by atoms with van der Waals surface area (Å²) in [7, 11) is 0. The van der Waals surface area contributed by atoms with E-state index in [9.17, 15) is 28.2 Å². The first-order chi connectivity index (χ1) is 9.16. The molecule has 0 saturated heterocycles. The highest BCUT2D eigenvalue weighted by Crippen LogP contribution is 2.33. The molecule has 1 rings (SSSR count). The molecule has 0 bridgehead atoms. The molecule has 108 valence electrons. The van der Waals surface area contributed by atoms with E-state index in [0.717, 1.165) is 6.07 Å². The molecule has 1 aromatic rings. The van der Waals surface area contributed by atoms with E-state index in [4.69, 9.17) is 11.0 Å². The molecule has 0 aliphatic carbocycles. The highest BCUT2D eigenvalue weighted by Gasteiger charge is 2.32. The highest BCUT2D eigenvalue weighted by atomic mass is 19.4. The van der Waals surface area contributed by atoms with E-state index in [1.54, 1.807) is 6.07 Å². The van der Waals surface area contributed by atoms with E-state index < -0.39 is 41.8 Å². The van der Waals surface area contributed by atoms with Gasteiger partial charge in [-0.25, -0.2) is 0 Å². The Balaban J connectivity index is 3.21. The summed E-state index contributed by atoms with van der Waals surface area (Å²) in [5, 5.41) is 28.1.